The molecule has 2 N–H and O–H groups in total. The highest BCUT2D eigenvalue weighted by Gasteiger charge is 2.06. The van der Waals surface area contributed by atoms with Gasteiger partial charge in [0.2, 0.25) is 0 Å². The van der Waals surface area contributed by atoms with Crippen molar-refractivity contribution in [2.75, 3.05) is 0 Å². The van der Waals surface area contributed by atoms with E-state index in [0.29, 0.717) is 5.02 Å². The van der Waals surface area contributed by atoms with Crippen LogP contribution in [-0.4, -0.2) is 0 Å². The van der Waals surface area contributed by atoms with Crippen LogP contribution >= 0.6 is 39.9 Å². The van der Waals surface area contributed by atoms with Crippen LogP contribution in [0, 0.1) is 0 Å². The predicted octanol–water partition coefficient (Wildman–Crippen LogP) is 4.49. The lowest BCUT2D eigenvalue weighted by atomic mass is 10.0. The normalized spacial score (nSPS) is 11.7. The van der Waals surface area contributed by atoms with Crippen LogP contribution in [0.2, 0.25) is 5.02 Å². The second-order valence-electron chi connectivity index (χ2n) is 3.15. The molecule has 0 spiro atoms. The monoisotopic (exact) mass is 309 g/mol. The molecule has 1 aromatic rings. The van der Waals surface area contributed by atoms with Gasteiger partial charge in [-0.05, 0) is 46.5 Å². The summed E-state index contributed by atoms with van der Waals surface area (Å²) in [5.41, 5.74) is 7.09. The summed E-state index contributed by atoms with van der Waals surface area (Å²) in [7, 11) is 0. The van der Waals surface area contributed by atoms with Crippen molar-refractivity contribution in [2.45, 2.75) is 18.9 Å². The Morgan fingerprint density at radius 1 is 1.53 bits per heavy atom. The fraction of sp³-hybridized carbons (Fsp3) is 0.273. The highest BCUT2D eigenvalue weighted by Crippen LogP contribution is 2.26. The fourth-order valence-corrected chi connectivity index (χ4v) is 1.72. The minimum Gasteiger partial charge on any atom is -0.324 e. The summed E-state index contributed by atoms with van der Waals surface area (Å²) in [6, 6.07) is 5.84. The molecule has 0 saturated carbocycles. The molecular weight excluding hydrogens is 297 g/mol. The third-order valence-corrected chi connectivity index (χ3v) is 3.27. The van der Waals surface area contributed by atoms with E-state index in [4.69, 9.17) is 17.3 Å². The van der Waals surface area contributed by atoms with Gasteiger partial charge in [0.15, 0.2) is 0 Å². The summed E-state index contributed by atoms with van der Waals surface area (Å²) in [6.07, 6.45) is 3.73. The third kappa shape index (κ3) is 4.56. The van der Waals surface area contributed by atoms with Gasteiger partial charge >= 0.3 is 0 Å². The maximum Gasteiger partial charge on any atom is 0.0548 e. The lowest BCUT2D eigenvalue weighted by Gasteiger charge is -2.11. The molecule has 0 aliphatic rings. The first kappa shape index (κ1) is 15.0. The van der Waals surface area contributed by atoms with E-state index in [0.717, 1.165) is 22.9 Å². The molecule has 1 atom stereocenters. The molecule has 0 unspecified atom stereocenters. The van der Waals surface area contributed by atoms with E-state index in [-0.39, 0.29) is 18.4 Å². The number of hydrogen-bond donors (Lipinski definition) is 1. The van der Waals surface area contributed by atoms with Crippen LogP contribution in [0.25, 0.3) is 0 Å². The van der Waals surface area contributed by atoms with E-state index in [1.54, 1.807) is 0 Å². The SMILES string of the molecule is C=CCC[C@H](N)c1ccc(Cl)c(Br)c1.Cl. The highest BCUT2D eigenvalue weighted by molar-refractivity contribution is 9.10. The van der Waals surface area contributed by atoms with Crippen LogP contribution in [0.15, 0.2) is 35.3 Å². The lowest BCUT2D eigenvalue weighted by molar-refractivity contribution is 0.661. The van der Waals surface area contributed by atoms with Crippen LogP contribution in [0.3, 0.4) is 0 Å². The van der Waals surface area contributed by atoms with E-state index < -0.39 is 0 Å². The van der Waals surface area contributed by atoms with Crippen molar-refractivity contribution < 1.29 is 0 Å². The molecule has 1 rings (SSSR count). The van der Waals surface area contributed by atoms with Gasteiger partial charge in [-0.15, -0.1) is 19.0 Å². The zero-order valence-electron chi connectivity index (χ0n) is 8.25. The van der Waals surface area contributed by atoms with Crippen LogP contribution in [0.5, 0.6) is 0 Å². The molecule has 0 heterocycles. The van der Waals surface area contributed by atoms with Crippen molar-refractivity contribution in [3.63, 3.8) is 0 Å². The summed E-state index contributed by atoms with van der Waals surface area (Å²) < 4.78 is 0.894. The number of allylic oxidation sites excluding steroid dienone is 1. The van der Waals surface area contributed by atoms with E-state index in [1.165, 1.54) is 0 Å². The smallest absolute Gasteiger partial charge is 0.0548 e. The van der Waals surface area contributed by atoms with Gasteiger partial charge in [-0.2, -0.15) is 0 Å². The van der Waals surface area contributed by atoms with Gasteiger partial charge in [-0.25, -0.2) is 0 Å². The summed E-state index contributed by atoms with van der Waals surface area (Å²) in [5.74, 6) is 0. The van der Waals surface area contributed by atoms with Gasteiger partial charge in [0.25, 0.3) is 0 Å². The van der Waals surface area contributed by atoms with Crippen LogP contribution in [0.4, 0.5) is 0 Å². The van der Waals surface area contributed by atoms with Crippen molar-refractivity contribution in [1.82, 2.24) is 0 Å². The first-order chi connectivity index (χ1) is 6.65. The van der Waals surface area contributed by atoms with Gasteiger partial charge in [-0.1, -0.05) is 23.7 Å². The minimum absolute atomic E-state index is 0. The van der Waals surface area contributed by atoms with Crippen LogP contribution < -0.4 is 5.73 Å². The number of halogens is 3. The number of rotatable bonds is 4. The van der Waals surface area contributed by atoms with Crippen molar-refractivity contribution in [1.29, 1.82) is 0 Å². The summed E-state index contributed by atoms with van der Waals surface area (Å²) in [5, 5.41) is 0.713. The van der Waals surface area contributed by atoms with Gasteiger partial charge in [0.1, 0.15) is 0 Å². The van der Waals surface area contributed by atoms with Gasteiger partial charge in [0, 0.05) is 10.5 Å². The standard InChI is InChI=1S/C11H13BrClN.ClH/c1-2-3-4-11(14)8-5-6-10(13)9(12)7-8;/h2,5-7,11H,1,3-4,14H2;1H/t11-;/m0./s1. The van der Waals surface area contributed by atoms with E-state index in [9.17, 15) is 0 Å². The molecule has 0 fully saturated rings. The Morgan fingerprint density at radius 3 is 2.73 bits per heavy atom. The topological polar surface area (TPSA) is 26.0 Å². The first-order valence-electron chi connectivity index (χ1n) is 4.46. The largest absolute Gasteiger partial charge is 0.324 e. The average Bonchev–Trinajstić information content (AvgIpc) is 2.18. The quantitative estimate of drug-likeness (QED) is 0.815. The number of hydrogen-bond acceptors (Lipinski definition) is 1. The summed E-state index contributed by atoms with van der Waals surface area (Å²) in [6.45, 7) is 3.67. The predicted molar refractivity (Wildman–Crippen MR) is 72.8 cm³/mol. The van der Waals surface area contributed by atoms with Gasteiger partial charge in [-0.3, -0.25) is 0 Å². The molecule has 15 heavy (non-hydrogen) atoms. The van der Waals surface area contributed by atoms with Gasteiger partial charge in [0.05, 0.1) is 5.02 Å². The molecule has 1 nitrogen and oxygen atoms in total. The molecular formula is C11H14BrCl2N. The van der Waals surface area contributed by atoms with Crippen molar-refractivity contribution >= 4 is 39.9 Å². The minimum atomic E-state index is 0. The maximum absolute atomic E-state index is 5.99. The molecule has 0 aliphatic heterocycles. The molecule has 0 bridgehead atoms. The van der Waals surface area contributed by atoms with Gasteiger partial charge < -0.3 is 5.73 Å². The van der Waals surface area contributed by atoms with Crippen LogP contribution in [-0.2, 0) is 0 Å². The van der Waals surface area contributed by atoms with Crippen LogP contribution in [0.1, 0.15) is 24.4 Å². The Morgan fingerprint density at radius 2 is 2.20 bits per heavy atom. The zero-order valence-corrected chi connectivity index (χ0v) is 11.4. The molecule has 0 saturated heterocycles. The highest BCUT2D eigenvalue weighted by atomic mass is 79.9. The summed E-state index contributed by atoms with van der Waals surface area (Å²) >= 11 is 9.26. The lowest BCUT2D eigenvalue weighted by Crippen LogP contribution is -2.09. The molecule has 4 heteroatoms. The Hall–Kier alpha value is -0.0200. The Balaban J connectivity index is 0.00000196. The number of benzene rings is 1. The molecule has 0 amide bonds. The molecule has 0 aliphatic carbocycles. The molecule has 0 radical (unpaired) electrons. The van der Waals surface area contributed by atoms with Crippen molar-refractivity contribution in [3.05, 3.63) is 45.9 Å². The zero-order chi connectivity index (χ0) is 10.6. The molecule has 1 aromatic carbocycles. The third-order valence-electron chi connectivity index (χ3n) is 2.05. The second-order valence-corrected chi connectivity index (χ2v) is 4.41. The Bertz CT molecular complexity index is 328. The van der Waals surface area contributed by atoms with Crippen molar-refractivity contribution in [3.8, 4) is 0 Å². The van der Waals surface area contributed by atoms with Crippen molar-refractivity contribution in [2.24, 2.45) is 5.73 Å². The molecule has 84 valence electrons. The second kappa shape index (κ2) is 7.29. The Kier molecular flexibility index (Phi) is 7.28. The summed E-state index contributed by atoms with van der Waals surface area (Å²) in [4.78, 5) is 0. The van der Waals surface area contributed by atoms with E-state index in [1.807, 2.05) is 24.3 Å². The van der Waals surface area contributed by atoms with E-state index >= 15 is 0 Å². The molecule has 0 aromatic heterocycles. The maximum atomic E-state index is 5.99. The Labute approximate surface area is 110 Å². The fourth-order valence-electron chi connectivity index (χ4n) is 1.21. The first-order valence-corrected chi connectivity index (χ1v) is 5.63. The number of nitrogens with two attached hydrogens (primary N) is 1. The van der Waals surface area contributed by atoms with E-state index in [2.05, 4.69) is 22.5 Å². The average molecular weight is 311 g/mol.